The van der Waals surface area contributed by atoms with Gasteiger partial charge in [0.2, 0.25) is 0 Å². The fourth-order valence-corrected chi connectivity index (χ4v) is 3.47. The Hall–Kier alpha value is -1.82. The molecule has 2 nitrogen and oxygen atoms in total. The van der Waals surface area contributed by atoms with Crippen molar-refractivity contribution in [1.29, 1.82) is 0 Å². The average molecular weight is 304 g/mol. The summed E-state index contributed by atoms with van der Waals surface area (Å²) in [6.45, 7) is 0. The first-order chi connectivity index (χ1) is 10.2. The van der Waals surface area contributed by atoms with E-state index in [1.54, 1.807) is 11.3 Å². The Kier molecular flexibility index (Phi) is 3.96. The quantitative estimate of drug-likeness (QED) is 0.566. The van der Waals surface area contributed by atoms with E-state index in [4.69, 9.17) is 5.84 Å². The van der Waals surface area contributed by atoms with Gasteiger partial charge in [-0.25, -0.2) is 8.78 Å². The zero-order valence-electron chi connectivity index (χ0n) is 11.1. The maximum absolute atomic E-state index is 13.8. The minimum absolute atomic E-state index is 0.0516. The highest BCUT2D eigenvalue weighted by Gasteiger charge is 2.19. The van der Waals surface area contributed by atoms with E-state index in [-0.39, 0.29) is 18.0 Å². The zero-order valence-corrected chi connectivity index (χ0v) is 12.0. The number of thiophene rings is 1. The molecule has 1 unspecified atom stereocenters. The van der Waals surface area contributed by atoms with Crippen LogP contribution >= 0.6 is 11.3 Å². The van der Waals surface area contributed by atoms with Crippen molar-refractivity contribution in [2.75, 3.05) is 0 Å². The van der Waals surface area contributed by atoms with Gasteiger partial charge in [0.15, 0.2) is 0 Å². The molecule has 0 saturated heterocycles. The lowest BCUT2D eigenvalue weighted by Crippen LogP contribution is -2.30. The number of halogens is 2. The maximum Gasteiger partial charge on any atom is 0.129 e. The van der Waals surface area contributed by atoms with Crippen LogP contribution < -0.4 is 11.3 Å². The Labute approximate surface area is 125 Å². The molecule has 3 rings (SSSR count). The third-order valence-corrected chi connectivity index (χ3v) is 4.54. The SMILES string of the molecule is NNC(Cc1c(F)cccc1F)c1csc2ccccc12. The van der Waals surface area contributed by atoms with Crippen molar-refractivity contribution in [2.24, 2.45) is 5.84 Å². The number of nitrogens with one attached hydrogen (secondary N) is 1. The van der Waals surface area contributed by atoms with Crippen molar-refractivity contribution in [3.8, 4) is 0 Å². The Morgan fingerprint density at radius 1 is 1.05 bits per heavy atom. The van der Waals surface area contributed by atoms with Gasteiger partial charge in [0.1, 0.15) is 11.6 Å². The van der Waals surface area contributed by atoms with E-state index < -0.39 is 11.6 Å². The molecular weight excluding hydrogens is 290 g/mol. The smallest absolute Gasteiger partial charge is 0.129 e. The van der Waals surface area contributed by atoms with Crippen LogP contribution in [0.2, 0.25) is 0 Å². The molecule has 0 saturated carbocycles. The molecule has 0 aliphatic carbocycles. The number of hydrogen-bond donors (Lipinski definition) is 2. The lowest BCUT2D eigenvalue weighted by molar-refractivity contribution is 0.502. The molecular formula is C16H14F2N2S. The molecule has 0 bridgehead atoms. The van der Waals surface area contributed by atoms with Gasteiger partial charge >= 0.3 is 0 Å². The first-order valence-electron chi connectivity index (χ1n) is 6.56. The monoisotopic (exact) mass is 304 g/mol. The second-order valence-corrected chi connectivity index (χ2v) is 5.72. The van der Waals surface area contributed by atoms with E-state index in [9.17, 15) is 8.78 Å². The van der Waals surface area contributed by atoms with Gasteiger partial charge in [-0.05, 0) is 40.9 Å². The first-order valence-corrected chi connectivity index (χ1v) is 7.44. The summed E-state index contributed by atoms with van der Waals surface area (Å²) < 4.78 is 28.7. The Morgan fingerprint density at radius 3 is 2.48 bits per heavy atom. The van der Waals surface area contributed by atoms with E-state index >= 15 is 0 Å². The second-order valence-electron chi connectivity index (χ2n) is 4.81. The van der Waals surface area contributed by atoms with Crippen LogP contribution in [0.15, 0.2) is 47.8 Å². The van der Waals surface area contributed by atoms with E-state index in [1.165, 1.54) is 18.2 Å². The fourth-order valence-electron chi connectivity index (χ4n) is 2.46. The third-order valence-electron chi connectivity index (χ3n) is 3.56. The molecule has 5 heteroatoms. The van der Waals surface area contributed by atoms with Crippen LogP contribution in [0.1, 0.15) is 17.2 Å². The van der Waals surface area contributed by atoms with Crippen molar-refractivity contribution >= 4 is 21.4 Å². The van der Waals surface area contributed by atoms with Gasteiger partial charge in [0, 0.05) is 10.3 Å². The maximum atomic E-state index is 13.8. The van der Waals surface area contributed by atoms with Gasteiger partial charge in [-0.3, -0.25) is 11.3 Å². The fraction of sp³-hybridized carbons (Fsp3) is 0.125. The summed E-state index contributed by atoms with van der Waals surface area (Å²) in [6.07, 6.45) is 0.162. The first kappa shape index (κ1) is 14.1. The van der Waals surface area contributed by atoms with E-state index in [1.807, 2.05) is 29.6 Å². The number of nitrogens with two attached hydrogens (primary N) is 1. The van der Waals surface area contributed by atoms with E-state index in [2.05, 4.69) is 5.43 Å². The van der Waals surface area contributed by atoms with Crippen molar-refractivity contribution in [3.63, 3.8) is 0 Å². The van der Waals surface area contributed by atoms with Gasteiger partial charge in [0.25, 0.3) is 0 Å². The minimum Gasteiger partial charge on any atom is -0.271 e. The molecule has 108 valence electrons. The summed E-state index contributed by atoms with van der Waals surface area (Å²) >= 11 is 1.59. The molecule has 0 spiro atoms. The molecule has 0 aliphatic heterocycles. The summed E-state index contributed by atoms with van der Waals surface area (Å²) in [4.78, 5) is 0. The molecule has 1 aromatic heterocycles. The predicted octanol–water partition coefficient (Wildman–Crippen LogP) is 3.93. The zero-order chi connectivity index (χ0) is 14.8. The normalized spacial score (nSPS) is 12.7. The van der Waals surface area contributed by atoms with Crippen LogP contribution in [0.25, 0.3) is 10.1 Å². The molecule has 0 aliphatic rings. The van der Waals surface area contributed by atoms with Gasteiger partial charge in [-0.15, -0.1) is 11.3 Å². The van der Waals surface area contributed by atoms with Gasteiger partial charge < -0.3 is 0 Å². The van der Waals surface area contributed by atoms with Crippen molar-refractivity contribution in [1.82, 2.24) is 5.43 Å². The average Bonchev–Trinajstić information content (AvgIpc) is 2.91. The number of rotatable bonds is 4. The Balaban J connectivity index is 1.99. The number of benzene rings is 2. The molecule has 1 heterocycles. The highest BCUT2D eigenvalue weighted by atomic mass is 32.1. The van der Waals surface area contributed by atoms with Gasteiger partial charge in [-0.1, -0.05) is 24.3 Å². The number of hydrazine groups is 1. The largest absolute Gasteiger partial charge is 0.271 e. The van der Waals surface area contributed by atoms with Gasteiger partial charge in [-0.2, -0.15) is 0 Å². The molecule has 0 radical (unpaired) electrons. The molecule has 21 heavy (non-hydrogen) atoms. The minimum atomic E-state index is -0.546. The predicted molar refractivity (Wildman–Crippen MR) is 82.0 cm³/mol. The molecule has 1 atom stereocenters. The number of hydrogen-bond acceptors (Lipinski definition) is 3. The summed E-state index contributed by atoms with van der Waals surface area (Å²) in [7, 11) is 0. The molecule has 0 fully saturated rings. The summed E-state index contributed by atoms with van der Waals surface area (Å²) in [5, 5.41) is 3.04. The van der Waals surface area contributed by atoms with Crippen molar-refractivity contribution in [3.05, 3.63) is 70.6 Å². The van der Waals surface area contributed by atoms with Crippen molar-refractivity contribution < 1.29 is 8.78 Å². The van der Waals surface area contributed by atoms with Crippen LogP contribution in [0, 0.1) is 11.6 Å². The Morgan fingerprint density at radius 2 is 1.76 bits per heavy atom. The topological polar surface area (TPSA) is 38.0 Å². The van der Waals surface area contributed by atoms with Crippen LogP contribution in [-0.4, -0.2) is 0 Å². The molecule has 0 amide bonds. The highest BCUT2D eigenvalue weighted by molar-refractivity contribution is 7.17. The summed E-state index contributed by atoms with van der Waals surface area (Å²) in [5.41, 5.74) is 3.68. The van der Waals surface area contributed by atoms with E-state index in [0.717, 1.165) is 15.6 Å². The third kappa shape index (κ3) is 2.68. The van der Waals surface area contributed by atoms with Crippen molar-refractivity contribution in [2.45, 2.75) is 12.5 Å². The molecule has 2 aromatic carbocycles. The lowest BCUT2D eigenvalue weighted by Gasteiger charge is -2.16. The Bertz CT molecular complexity index is 750. The standard InChI is InChI=1S/C16H14F2N2S/c17-13-5-3-6-14(18)11(13)8-15(20-19)12-9-21-16-7-2-1-4-10(12)16/h1-7,9,15,20H,8,19H2. The van der Waals surface area contributed by atoms with Crippen LogP contribution in [0.4, 0.5) is 8.78 Å². The lowest BCUT2D eigenvalue weighted by atomic mass is 9.98. The summed E-state index contributed by atoms with van der Waals surface area (Å²) in [6, 6.07) is 11.4. The van der Waals surface area contributed by atoms with Gasteiger partial charge in [0.05, 0.1) is 6.04 Å². The summed E-state index contributed by atoms with van der Waals surface area (Å²) in [5.74, 6) is 4.52. The highest BCUT2D eigenvalue weighted by Crippen LogP contribution is 2.32. The van der Waals surface area contributed by atoms with Crippen LogP contribution in [-0.2, 0) is 6.42 Å². The van der Waals surface area contributed by atoms with Crippen LogP contribution in [0.5, 0.6) is 0 Å². The molecule has 3 aromatic rings. The molecule has 3 N–H and O–H groups in total. The second kappa shape index (κ2) is 5.89. The number of fused-ring (bicyclic) bond motifs is 1. The van der Waals surface area contributed by atoms with Crippen LogP contribution in [0.3, 0.4) is 0 Å². The van der Waals surface area contributed by atoms with E-state index in [0.29, 0.717) is 0 Å².